The lowest BCUT2D eigenvalue weighted by Gasteiger charge is -2.30. The molecule has 0 aromatic heterocycles. The van der Waals surface area contributed by atoms with Gasteiger partial charge in [-0.3, -0.25) is 4.79 Å². The molecule has 1 aromatic rings. The molecule has 4 heteroatoms. The Morgan fingerprint density at radius 3 is 2.90 bits per heavy atom. The van der Waals surface area contributed by atoms with Gasteiger partial charge in [0.2, 0.25) is 0 Å². The summed E-state index contributed by atoms with van der Waals surface area (Å²) >= 11 is 0. The summed E-state index contributed by atoms with van der Waals surface area (Å²) in [7, 11) is 0. The highest BCUT2D eigenvalue weighted by Crippen LogP contribution is 2.33. The number of benzene rings is 1. The third-order valence-corrected chi connectivity index (χ3v) is 4.53. The zero-order chi connectivity index (χ0) is 14.1. The highest BCUT2D eigenvalue weighted by Gasteiger charge is 2.34. The fraction of sp³-hybridized carbons (Fsp3) is 0.562. The van der Waals surface area contributed by atoms with E-state index in [1.165, 1.54) is 0 Å². The third-order valence-electron chi connectivity index (χ3n) is 4.53. The van der Waals surface area contributed by atoms with Crippen molar-refractivity contribution >= 4 is 17.3 Å². The van der Waals surface area contributed by atoms with Crippen LogP contribution in [0.4, 0.5) is 11.4 Å². The number of nitrogens with zero attached hydrogens (tertiary/aromatic N) is 1. The Balaban J connectivity index is 1.94. The number of hydrogen-bond donors (Lipinski definition) is 2. The van der Waals surface area contributed by atoms with Gasteiger partial charge in [-0.1, -0.05) is 13.0 Å². The molecule has 2 heterocycles. The van der Waals surface area contributed by atoms with Gasteiger partial charge in [0, 0.05) is 25.2 Å². The number of rotatable bonds is 2. The first-order chi connectivity index (χ1) is 9.72. The molecule has 20 heavy (non-hydrogen) atoms. The average molecular weight is 273 g/mol. The standard InChI is InChI=1S/C16H23N3O/c1-3-12-8-7-11(2)19(12)16(20)13-5-4-6-14-15(13)18-10-9-17-14/h4-6,11-12,17-18H,3,7-10H2,1-2H3. The first-order valence-corrected chi connectivity index (χ1v) is 7.65. The fourth-order valence-corrected chi connectivity index (χ4v) is 3.43. The molecule has 108 valence electrons. The molecule has 0 spiro atoms. The Bertz CT molecular complexity index is 514. The molecule has 0 aliphatic carbocycles. The fourth-order valence-electron chi connectivity index (χ4n) is 3.43. The first kappa shape index (κ1) is 13.3. The van der Waals surface area contributed by atoms with Crippen LogP contribution in [-0.2, 0) is 0 Å². The van der Waals surface area contributed by atoms with E-state index < -0.39 is 0 Å². The van der Waals surface area contributed by atoms with Gasteiger partial charge in [-0.15, -0.1) is 0 Å². The molecule has 1 aromatic carbocycles. The highest BCUT2D eigenvalue weighted by atomic mass is 16.2. The summed E-state index contributed by atoms with van der Waals surface area (Å²) in [5.41, 5.74) is 2.82. The first-order valence-electron chi connectivity index (χ1n) is 7.65. The molecule has 0 radical (unpaired) electrons. The summed E-state index contributed by atoms with van der Waals surface area (Å²) in [5, 5.41) is 6.72. The van der Waals surface area contributed by atoms with Crippen LogP contribution in [0.5, 0.6) is 0 Å². The van der Waals surface area contributed by atoms with Crippen LogP contribution in [0.2, 0.25) is 0 Å². The topological polar surface area (TPSA) is 44.4 Å². The highest BCUT2D eigenvalue weighted by molar-refractivity contribution is 6.03. The quantitative estimate of drug-likeness (QED) is 0.871. The molecular formula is C16H23N3O. The second-order valence-corrected chi connectivity index (χ2v) is 5.78. The van der Waals surface area contributed by atoms with Crippen LogP contribution in [0.1, 0.15) is 43.5 Å². The molecule has 2 N–H and O–H groups in total. The lowest BCUT2D eigenvalue weighted by atomic mass is 10.1. The van der Waals surface area contributed by atoms with E-state index in [-0.39, 0.29) is 5.91 Å². The number of para-hydroxylation sites is 1. The van der Waals surface area contributed by atoms with Crippen molar-refractivity contribution < 1.29 is 4.79 Å². The van der Waals surface area contributed by atoms with Crippen molar-refractivity contribution in [3.63, 3.8) is 0 Å². The van der Waals surface area contributed by atoms with Crippen LogP contribution in [-0.4, -0.2) is 36.0 Å². The Kier molecular flexibility index (Phi) is 3.55. The maximum Gasteiger partial charge on any atom is 0.256 e. The zero-order valence-corrected chi connectivity index (χ0v) is 12.3. The maximum atomic E-state index is 13.0. The van der Waals surface area contributed by atoms with Gasteiger partial charge in [0.05, 0.1) is 16.9 Å². The zero-order valence-electron chi connectivity index (χ0n) is 12.3. The lowest BCUT2D eigenvalue weighted by molar-refractivity contribution is 0.0677. The Labute approximate surface area is 120 Å². The summed E-state index contributed by atoms with van der Waals surface area (Å²) in [4.78, 5) is 15.0. The van der Waals surface area contributed by atoms with Crippen molar-refractivity contribution in [3.8, 4) is 0 Å². The largest absolute Gasteiger partial charge is 0.382 e. The van der Waals surface area contributed by atoms with E-state index in [2.05, 4.69) is 29.4 Å². The second kappa shape index (κ2) is 5.35. The van der Waals surface area contributed by atoms with Gasteiger partial charge < -0.3 is 15.5 Å². The molecular weight excluding hydrogens is 250 g/mol. The number of anilines is 2. The van der Waals surface area contributed by atoms with E-state index in [9.17, 15) is 4.79 Å². The minimum absolute atomic E-state index is 0.176. The summed E-state index contributed by atoms with van der Waals surface area (Å²) in [6, 6.07) is 6.68. The van der Waals surface area contributed by atoms with Crippen LogP contribution in [0.15, 0.2) is 18.2 Å². The van der Waals surface area contributed by atoms with Crippen LogP contribution in [0.3, 0.4) is 0 Å². The predicted molar refractivity (Wildman–Crippen MR) is 82.4 cm³/mol. The van der Waals surface area contributed by atoms with Crippen LogP contribution in [0, 0.1) is 0 Å². The average Bonchev–Trinajstić information content (AvgIpc) is 2.87. The number of amides is 1. The SMILES string of the molecule is CCC1CCC(C)N1C(=O)c1cccc2c1NCCN2. The second-order valence-electron chi connectivity index (χ2n) is 5.78. The summed E-state index contributed by atoms with van der Waals surface area (Å²) < 4.78 is 0. The van der Waals surface area contributed by atoms with Gasteiger partial charge >= 0.3 is 0 Å². The van der Waals surface area contributed by atoms with E-state index in [0.29, 0.717) is 12.1 Å². The van der Waals surface area contributed by atoms with Crippen LogP contribution >= 0.6 is 0 Å². The maximum absolute atomic E-state index is 13.0. The van der Waals surface area contributed by atoms with Crippen molar-refractivity contribution in [2.24, 2.45) is 0 Å². The van der Waals surface area contributed by atoms with E-state index in [4.69, 9.17) is 0 Å². The van der Waals surface area contributed by atoms with Crippen LogP contribution < -0.4 is 10.6 Å². The van der Waals surface area contributed by atoms with Crippen molar-refractivity contribution in [1.82, 2.24) is 4.90 Å². The normalized spacial score (nSPS) is 24.8. The molecule has 0 bridgehead atoms. The molecule has 2 atom stereocenters. The summed E-state index contributed by atoms with van der Waals surface area (Å²) in [6.45, 7) is 6.10. The number of likely N-dealkylation sites (tertiary alicyclic amines) is 1. The molecule has 1 saturated heterocycles. The molecule has 1 amide bonds. The Morgan fingerprint density at radius 1 is 1.30 bits per heavy atom. The molecule has 2 aliphatic heterocycles. The number of nitrogens with one attached hydrogen (secondary N) is 2. The van der Waals surface area contributed by atoms with Crippen molar-refractivity contribution in [2.45, 2.75) is 45.2 Å². The summed E-state index contributed by atoms with van der Waals surface area (Å²) in [5.74, 6) is 0.176. The van der Waals surface area contributed by atoms with Gasteiger partial charge in [0.1, 0.15) is 0 Å². The Morgan fingerprint density at radius 2 is 2.10 bits per heavy atom. The van der Waals surface area contributed by atoms with Crippen molar-refractivity contribution in [1.29, 1.82) is 0 Å². The minimum atomic E-state index is 0.176. The molecule has 4 nitrogen and oxygen atoms in total. The van der Waals surface area contributed by atoms with Gasteiger partial charge in [0.25, 0.3) is 5.91 Å². The van der Waals surface area contributed by atoms with Crippen molar-refractivity contribution in [3.05, 3.63) is 23.8 Å². The van der Waals surface area contributed by atoms with Crippen LogP contribution in [0.25, 0.3) is 0 Å². The number of hydrogen-bond acceptors (Lipinski definition) is 3. The smallest absolute Gasteiger partial charge is 0.256 e. The third kappa shape index (κ3) is 2.13. The number of fused-ring (bicyclic) bond motifs is 1. The molecule has 1 fully saturated rings. The van der Waals surface area contributed by atoms with E-state index in [0.717, 1.165) is 49.3 Å². The van der Waals surface area contributed by atoms with Gasteiger partial charge in [-0.2, -0.15) is 0 Å². The minimum Gasteiger partial charge on any atom is -0.382 e. The lowest BCUT2D eigenvalue weighted by Crippen LogP contribution is -2.40. The molecule has 3 rings (SSSR count). The van der Waals surface area contributed by atoms with Gasteiger partial charge in [-0.25, -0.2) is 0 Å². The molecule has 2 unspecified atom stereocenters. The van der Waals surface area contributed by atoms with E-state index in [1.807, 2.05) is 18.2 Å². The number of carbonyl (C=O) groups excluding carboxylic acids is 1. The van der Waals surface area contributed by atoms with E-state index >= 15 is 0 Å². The molecule has 0 saturated carbocycles. The monoisotopic (exact) mass is 273 g/mol. The molecule has 2 aliphatic rings. The van der Waals surface area contributed by atoms with Gasteiger partial charge in [0.15, 0.2) is 0 Å². The van der Waals surface area contributed by atoms with E-state index in [1.54, 1.807) is 0 Å². The number of carbonyl (C=O) groups is 1. The predicted octanol–water partition coefficient (Wildman–Crippen LogP) is 2.93. The van der Waals surface area contributed by atoms with Gasteiger partial charge in [-0.05, 0) is 38.3 Å². The Hall–Kier alpha value is -1.71. The summed E-state index contributed by atoms with van der Waals surface area (Å²) in [6.07, 6.45) is 3.28. The van der Waals surface area contributed by atoms with Crippen molar-refractivity contribution in [2.75, 3.05) is 23.7 Å².